The van der Waals surface area contributed by atoms with Crippen LogP contribution < -0.4 is 0 Å². The predicted octanol–water partition coefficient (Wildman–Crippen LogP) is 3.46. The standard InChI is InChI=1S/C20H30O5/c1-17(2,23)12-11-20-9-6-14-18(3,15(20)10-13(12)24-25-20)7-5-8-19(14,4)16(21)22/h11,13-15,23H,5-10H2,1-4H3,(H,21,22). The van der Waals surface area contributed by atoms with E-state index in [2.05, 4.69) is 13.0 Å². The highest BCUT2D eigenvalue weighted by atomic mass is 17.2. The molecule has 140 valence electrons. The fraction of sp³-hybridized carbons (Fsp3) is 0.850. The van der Waals surface area contributed by atoms with E-state index in [1.165, 1.54) is 0 Å². The van der Waals surface area contributed by atoms with Crippen molar-refractivity contribution < 1.29 is 24.8 Å². The van der Waals surface area contributed by atoms with E-state index in [-0.39, 0.29) is 23.4 Å². The van der Waals surface area contributed by atoms with Gasteiger partial charge in [0.25, 0.3) is 0 Å². The van der Waals surface area contributed by atoms with Crippen LogP contribution in [0.5, 0.6) is 0 Å². The minimum Gasteiger partial charge on any atom is -0.481 e. The summed E-state index contributed by atoms with van der Waals surface area (Å²) in [5, 5.41) is 20.4. The molecule has 1 saturated heterocycles. The molecule has 6 unspecified atom stereocenters. The second kappa shape index (κ2) is 5.08. The summed E-state index contributed by atoms with van der Waals surface area (Å²) >= 11 is 0. The number of rotatable bonds is 2. The van der Waals surface area contributed by atoms with Crippen LogP contribution in [0.15, 0.2) is 11.6 Å². The fourth-order valence-corrected chi connectivity index (χ4v) is 6.61. The van der Waals surface area contributed by atoms with E-state index in [0.717, 1.165) is 44.1 Å². The summed E-state index contributed by atoms with van der Waals surface area (Å²) in [4.78, 5) is 23.6. The molecule has 0 aromatic carbocycles. The normalized spacial score (nSPS) is 49.2. The highest BCUT2D eigenvalue weighted by Gasteiger charge is 2.66. The van der Waals surface area contributed by atoms with Crippen molar-refractivity contribution >= 4 is 5.97 Å². The number of fused-ring (bicyclic) bond motifs is 2. The summed E-state index contributed by atoms with van der Waals surface area (Å²) in [5.74, 6) is -0.267. The highest BCUT2D eigenvalue weighted by molar-refractivity contribution is 5.75. The maximum absolute atomic E-state index is 12.1. The topological polar surface area (TPSA) is 76.0 Å². The summed E-state index contributed by atoms with van der Waals surface area (Å²) in [6.45, 7) is 7.80. The summed E-state index contributed by atoms with van der Waals surface area (Å²) in [5.41, 5.74) is -1.27. The van der Waals surface area contributed by atoms with Gasteiger partial charge in [-0.2, -0.15) is 0 Å². The molecule has 0 amide bonds. The minimum absolute atomic E-state index is 0.0761. The van der Waals surface area contributed by atoms with Gasteiger partial charge in [0.1, 0.15) is 11.7 Å². The first kappa shape index (κ1) is 17.5. The van der Waals surface area contributed by atoms with Crippen molar-refractivity contribution in [3.63, 3.8) is 0 Å². The number of aliphatic carboxylic acids is 1. The van der Waals surface area contributed by atoms with E-state index in [4.69, 9.17) is 9.78 Å². The second-order valence-corrected chi connectivity index (χ2v) is 9.74. The maximum Gasteiger partial charge on any atom is 0.309 e. The number of carbonyl (C=O) groups is 1. The van der Waals surface area contributed by atoms with Gasteiger partial charge in [0.15, 0.2) is 0 Å². The van der Waals surface area contributed by atoms with Crippen molar-refractivity contribution in [2.24, 2.45) is 22.7 Å². The number of carboxylic acids is 1. The van der Waals surface area contributed by atoms with Crippen molar-refractivity contribution in [3.8, 4) is 0 Å². The monoisotopic (exact) mass is 350 g/mol. The number of carboxylic acid groups (broad SMARTS) is 1. The molecule has 5 heteroatoms. The van der Waals surface area contributed by atoms with Crippen LogP contribution in [0.3, 0.4) is 0 Å². The Morgan fingerprint density at radius 1 is 1.24 bits per heavy atom. The van der Waals surface area contributed by atoms with Crippen LogP contribution in [-0.2, 0) is 14.6 Å². The van der Waals surface area contributed by atoms with Crippen LogP contribution in [0.4, 0.5) is 0 Å². The highest BCUT2D eigenvalue weighted by Crippen LogP contribution is 2.67. The molecule has 5 nitrogen and oxygen atoms in total. The molecule has 0 aromatic heterocycles. The molecule has 2 aliphatic heterocycles. The third-order valence-corrected chi connectivity index (χ3v) is 7.90. The molecule has 2 saturated carbocycles. The van der Waals surface area contributed by atoms with Crippen LogP contribution in [0.25, 0.3) is 0 Å². The van der Waals surface area contributed by atoms with Crippen molar-refractivity contribution in [2.45, 2.75) is 83.5 Å². The summed E-state index contributed by atoms with van der Waals surface area (Å²) in [7, 11) is 0. The third-order valence-electron chi connectivity index (χ3n) is 7.90. The van der Waals surface area contributed by atoms with Crippen molar-refractivity contribution in [3.05, 3.63) is 11.6 Å². The van der Waals surface area contributed by atoms with Crippen LogP contribution in [0.1, 0.15) is 66.2 Å². The van der Waals surface area contributed by atoms with Gasteiger partial charge < -0.3 is 10.2 Å². The molecule has 6 atom stereocenters. The van der Waals surface area contributed by atoms with E-state index in [1.807, 2.05) is 6.92 Å². The lowest BCUT2D eigenvalue weighted by molar-refractivity contribution is -0.435. The zero-order valence-corrected chi connectivity index (χ0v) is 15.7. The zero-order chi connectivity index (χ0) is 18.3. The van der Waals surface area contributed by atoms with Gasteiger partial charge in [0, 0.05) is 5.92 Å². The van der Waals surface area contributed by atoms with E-state index >= 15 is 0 Å². The molecule has 3 aliphatic carbocycles. The molecule has 25 heavy (non-hydrogen) atoms. The molecular weight excluding hydrogens is 320 g/mol. The Labute approximate surface area is 149 Å². The molecule has 2 bridgehead atoms. The van der Waals surface area contributed by atoms with E-state index in [0.29, 0.717) is 0 Å². The SMILES string of the molecule is CC(C)(O)C1=CC23CCC4C(C)(C(=O)O)CCCC4(C)C2CC1OO3. The largest absolute Gasteiger partial charge is 0.481 e. The lowest BCUT2D eigenvalue weighted by Crippen LogP contribution is -2.65. The van der Waals surface area contributed by atoms with Crippen LogP contribution in [0, 0.1) is 22.7 Å². The molecule has 3 fully saturated rings. The van der Waals surface area contributed by atoms with Crippen LogP contribution in [0.2, 0.25) is 0 Å². The molecule has 1 spiro atoms. The minimum atomic E-state index is -0.924. The average molecular weight is 350 g/mol. The summed E-state index contributed by atoms with van der Waals surface area (Å²) < 4.78 is 0. The molecular formula is C20H30O5. The smallest absolute Gasteiger partial charge is 0.309 e. The van der Waals surface area contributed by atoms with Gasteiger partial charge in [-0.1, -0.05) is 13.3 Å². The van der Waals surface area contributed by atoms with Crippen molar-refractivity contribution in [1.29, 1.82) is 0 Å². The lowest BCUT2D eigenvalue weighted by atomic mass is 9.43. The van der Waals surface area contributed by atoms with Crippen LogP contribution >= 0.6 is 0 Å². The van der Waals surface area contributed by atoms with Gasteiger partial charge in [-0.05, 0) is 75.9 Å². The Kier molecular flexibility index (Phi) is 3.56. The average Bonchev–Trinajstić information content (AvgIpc) is 2.53. The van der Waals surface area contributed by atoms with Crippen molar-refractivity contribution in [2.75, 3.05) is 0 Å². The Bertz CT molecular complexity index is 634. The summed E-state index contributed by atoms with van der Waals surface area (Å²) in [6, 6.07) is 0. The Balaban J connectivity index is 1.77. The molecule has 5 rings (SSSR count). The van der Waals surface area contributed by atoms with Crippen molar-refractivity contribution in [1.82, 2.24) is 0 Å². The quantitative estimate of drug-likeness (QED) is 0.589. The number of aliphatic hydroxyl groups is 1. The predicted molar refractivity (Wildman–Crippen MR) is 91.6 cm³/mol. The molecule has 5 aliphatic rings. The van der Waals surface area contributed by atoms with Gasteiger partial charge in [-0.25, -0.2) is 9.78 Å². The first-order valence-corrected chi connectivity index (χ1v) is 9.56. The first-order valence-electron chi connectivity index (χ1n) is 9.56. The Morgan fingerprint density at radius 3 is 2.60 bits per heavy atom. The van der Waals surface area contributed by atoms with E-state index in [9.17, 15) is 15.0 Å². The van der Waals surface area contributed by atoms with Gasteiger partial charge in [0.2, 0.25) is 0 Å². The molecule has 2 heterocycles. The maximum atomic E-state index is 12.1. The Hall–Kier alpha value is -0.910. The molecule has 0 aromatic rings. The first-order chi connectivity index (χ1) is 11.5. The van der Waals surface area contributed by atoms with Crippen LogP contribution in [-0.4, -0.2) is 33.5 Å². The fourth-order valence-electron chi connectivity index (χ4n) is 6.61. The van der Waals surface area contributed by atoms with Gasteiger partial charge in [-0.3, -0.25) is 4.79 Å². The van der Waals surface area contributed by atoms with Gasteiger partial charge >= 0.3 is 5.97 Å². The number of hydrogen-bond donors (Lipinski definition) is 2. The lowest BCUT2D eigenvalue weighted by Gasteiger charge is -2.65. The second-order valence-electron chi connectivity index (χ2n) is 9.74. The molecule has 0 radical (unpaired) electrons. The number of hydrogen-bond acceptors (Lipinski definition) is 4. The third kappa shape index (κ3) is 2.22. The van der Waals surface area contributed by atoms with Gasteiger partial charge in [0.05, 0.1) is 11.0 Å². The Morgan fingerprint density at radius 2 is 1.96 bits per heavy atom. The van der Waals surface area contributed by atoms with Gasteiger partial charge in [-0.15, -0.1) is 0 Å². The summed E-state index contributed by atoms with van der Waals surface area (Å²) in [6.07, 6.45) is 6.99. The molecule has 2 N–H and O–H groups in total. The van der Waals surface area contributed by atoms with E-state index in [1.54, 1.807) is 13.8 Å². The van der Waals surface area contributed by atoms with E-state index < -0.39 is 22.6 Å². The zero-order valence-electron chi connectivity index (χ0n) is 15.7.